The third-order valence-corrected chi connectivity index (χ3v) is 4.96. The van der Waals surface area contributed by atoms with Crippen LogP contribution in [0.25, 0.3) is 0 Å². The first-order chi connectivity index (χ1) is 14.1. The zero-order chi connectivity index (χ0) is 20.6. The number of unbranched alkanes of at least 4 members (excludes halogenated alkanes) is 1. The first-order valence-corrected chi connectivity index (χ1v) is 9.71. The molecule has 2 aromatic rings. The highest BCUT2D eigenvalue weighted by Gasteiger charge is 2.21. The Kier molecular flexibility index (Phi) is 6.56. The largest absolute Gasteiger partial charge is 0.374 e. The lowest BCUT2D eigenvalue weighted by atomic mass is 9.92. The van der Waals surface area contributed by atoms with Crippen molar-refractivity contribution < 1.29 is 0 Å². The zero-order valence-corrected chi connectivity index (χ0v) is 16.7. The number of anilines is 1. The van der Waals surface area contributed by atoms with Crippen molar-refractivity contribution in [2.24, 2.45) is 0 Å². The summed E-state index contributed by atoms with van der Waals surface area (Å²) >= 11 is 0. The van der Waals surface area contributed by atoms with Gasteiger partial charge in [-0.05, 0) is 59.9 Å². The molecule has 0 fully saturated rings. The van der Waals surface area contributed by atoms with Gasteiger partial charge in [0.1, 0.15) is 0 Å². The van der Waals surface area contributed by atoms with Gasteiger partial charge in [0.25, 0.3) is 0 Å². The van der Waals surface area contributed by atoms with Gasteiger partial charge in [0.2, 0.25) is 0 Å². The summed E-state index contributed by atoms with van der Waals surface area (Å²) in [6.45, 7) is 6.49. The number of aryl methyl sites for hydroxylation is 1. The molecule has 0 bridgehead atoms. The van der Waals surface area contributed by atoms with Gasteiger partial charge in [-0.1, -0.05) is 36.9 Å². The number of nitrogens with zero attached hydrogens (tertiary/aromatic N) is 1. The zero-order valence-electron chi connectivity index (χ0n) is 16.7. The molecule has 29 heavy (non-hydrogen) atoms. The fourth-order valence-electron chi connectivity index (χ4n) is 3.36. The van der Waals surface area contributed by atoms with E-state index in [4.69, 9.17) is 11.7 Å². The van der Waals surface area contributed by atoms with Gasteiger partial charge >= 0.3 is 0 Å². The fraction of sp³-hybridized carbons (Fsp3) is 0.192. The Labute approximate surface area is 173 Å². The lowest BCUT2D eigenvalue weighted by molar-refractivity contribution is 0.909. The minimum Gasteiger partial charge on any atom is -0.374 e. The average molecular weight is 380 g/mol. The fourth-order valence-corrected chi connectivity index (χ4v) is 3.36. The van der Waals surface area contributed by atoms with Crippen LogP contribution in [-0.2, 0) is 0 Å². The summed E-state index contributed by atoms with van der Waals surface area (Å²) in [5, 5.41) is 16.1. The normalized spacial score (nSPS) is 15.0. The molecule has 0 radical (unpaired) electrons. The third-order valence-electron chi connectivity index (χ3n) is 4.96. The second-order valence-electron chi connectivity index (χ2n) is 7.17. The van der Waals surface area contributed by atoms with E-state index in [2.05, 4.69) is 60.4 Å². The van der Waals surface area contributed by atoms with E-state index in [0.717, 1.165) is 47.4 Å². The van der Waals surface area contributed by atoms with Crippen LogP contribution in [0.15, 0.2) is 84.2 Å². The van der Waals surface area contributed by atoms with Gasteiger partial charge in [-0.25, -0.2) is 0 Å². The minimum atomic E-state index is -0.0948. The summed E-state index contributed by atoms with van der Waals surface area (Å²) in [5.41, 5.74) is 7.27. The van der Waals surface area contributed by atoms with Crippen molar-refractivity contribution in [1.29, 1.82) is 5.26 Å². The van der Waals surface area contributed by atoms with E-state index >= 15 is 0 Å². The smallest absolute Gasteiger partial charge is 0.0991 e. The van der Waals surface area contributed by atoms with Crippen molar-refractivity contribution in [2.75, 3.05) is 5.32 Å². The van der Waals surface area contributed by atoms with Gasteiger partial charge in [-0.2, -0.15) is 5.26 Å². The highest BCUT2D eigenvalue weighted by Crippen LogP contribution is 2.34. The van der Waals surface area contributed by atoms with Crippen molar-refractivity contribution in [2.45, 2.75) is 32.2 Å². The quantitative estimate of drug-likeness (QED) is 0.476. The molecule has 3 nitrogen and oxygen atoms in total. The molecule has 2 aromatic carbocycles. The van der Waals surface area contributed by atoms with E-state index in [-0.39, 0.29) is 6.04 Å². The molecule has 144 valence electrons. The van der Waals surface area contributed by atoms with Crippen molar-refractivity contribution in [1.82, 2.24) is 5.32 Å². The molecule has 0 aromatic heterocycles. The van der Waals surface area contributed by atoms with E-state index in [1.165, 1.54) is 5.56 Å². The molecule has 1 heterocycles. The van der Waals surface area contributed by atoms with E-state index in [0.29, 0.717) is 5.56 Å². The minimum absolute atomic E-state index is 0.0948. The maximum atomic E-state index is 9.11. The summed E-state index contributed by atoms with van der Waals surface area (Å²) in [5.74, 6) is 2.67. The second-order valence-corrected chi connectivity index (χ2v) is 7.17. The Balaban J connectivity index is 1.84. The Hall–Kier alpha value is -3.69. The predicted molar refractivity (Wildman–Crippen MR) is 120 cm³/mol. The molecule has 2 N–H and O–H groups in total. The number of allylic oxidation sites excluding steroid dienone is 2. The molecular weight excluding hydrogens is 354 g/mol. The van der Waals surface area contributed by atoms with E-state index in [9.17, 15) is 0 Å². The lowest BCUT2D eigenvalue weighted by Gasteiger charge is -2.24. The molecule has 1 aliphatic rings. The van der Waals surface area contributed by atoms with Gasteiger partial charge in [-0.3, -0.25) is 0 Å². The SMILES string of the molecule is C#CCC/C=C1\CC(C(=C)C(Nc2cccc(C)c2)c2ccc(C#N)cc2)=CN1. The molecule has 0 saturated carbocycles. The standard InChI is InChI=1S/C26H25N3/c1-4-5-6-9-24-16-23(18-28-24)20(3)26(22-13-11-21(17-27)12-14-22)29-25-10-7-8-19(2)15-25/h1,7-15,18,26,28-29H,3,5-6,16H2,2H3/b24-9+. The Bertz CT molecular complexity index is 1030. The molecule has 3 heteroatoms. The van der Waals surface area contributed by atoms with Gasteiger partial charge in [0.15, 0.2) is 0 Å². The molecule has 1 unspecified atom stereocenters. The Morgan fingerprint density at radius 3 is 2.79 bits per heavy atom. The molecule has 0 spiro atoms. The molecule has 0 amide bonds. The summed E-state index contributed by atoms with van der Waals surface area (Å²) in [6.07, 6.45) is 11.9. The van der Waals surface area contributed by atoms with E-state index in [1.807, 2.05) is 36.5 Å². The van der Waals surface area contributed by atoms with Gasteiger partial charge in [-0.15, -0.1) is 12.3 Å². The second kappa shape index (κ2) is 9.49. The first-order valence-electron chi connectivity index (χ1n) is 9.71. The number of hydrogen-bond acceptors (Lipinski definition) is 3. The molecular formula is C26H25N3. The Morgan fingerprint density at radius 2 is 2.10 bits per heavy atom. The molecule has 0 aliphatic carbocycles. The van der Waals surface area contributed by atoms with Crippen molar-refractivity contribution in [3.63, 3.8) is 0 Å². The molecule has 3 rings (SSSR count). The Morgan fingerprint density at radius 1 is 1.31 bits per heavy atom. The number of terminal acetylenes is 1. The van der Waals surface area contributed by atoms with Gasteiger partial charge in [0, 0.05) is 30.4 Å². The summed E-state index contributed by atoms with van der Waals surface area (Å²) in [6, 6.07) is 18.1. The van der Waals surface area contributed by atoms with Crippen LogP contribution in [0, 0.1) is 30.6 Å². The van der Waals surface area contributed by atoms with Crippen molar-refractivity contribution in [3.8, 4) is 18.4 Å². The van der Waals surface area contributed by atoms with Crippen LogP contribution < -0.4 is 10.6 Å². The van der Waals surface area contributed by atoms with E-state index in [1.54, 1.807) is 0 Å². The van der Waals surface area contributed by atoms with Gasteiger partial charge in [0.05, 0.1) is 17.7 Å². The maximum Gasteiger partial charge on any atom is 0.0991 e. The van der Waals surface area contributed by atoms with Crippen LogP contribution in [-0.4, -0.2) is 0 Å². The van der Waals surface area contributed by atoms with Crippen LogP contribution in [0.3, 0.4) is 0 Å². The highest BCUT2D eigenvalue weighted by atomic mass is 14.9. The third kappa shape index (κ3) is 5.18. The number of nitrogens with one attached hydrogen (secondary N) is 2. The predicted octanol–water partition coefficient (Wildman–Crippen LogP) is 5.75. The lowest BCUT2D eigenvalue weighted by Crippen LogP contribution is -2.14. The molecule has 1 aliphatic heterocycles. The topological polar surface area (TPSA) is 47.9 Å². The van der Waals surface area contributed by atoms with E-state index < -0.39 is 0 Å². The maximum absolute atomic E-state index is 9.11. The molecule has 1 atom stereocenters. The van der Waals surface area contributed by atoms with Crippen LogP contribution in [0.2, 0.25) is 0 Å². The monoisotopic (exact) mass is 379 g/mol. The van der Waals surface area contributed by atoms with Crippen LogP contribution in [0.4, 0.5) is 5.69 Å². The summed E-state index contributed by atoms with van der Waals surface area (Å²) in [4.78, 5) is 0. The van der Waals surface area contributed by atoms with Crippen molar-refractivity contribution >= 4 is 5.69 Å². The number of hydrogen-bond donors (Lipinski definition) is 2. The molecule has 0 saturated heterocycles. The van der Waals surface area contributed by atoms with Crippen LogP contribution >= 0.6 is 0 Å². The number of nitriles is 1. The van der Waals surface area contributed by atoms with Crippen LogP contribution in [0.1, 0.15) is 42.0 Å². The van der Waals surface area contributed by atoms with Crippen LogP contribution in [0.5, 0.6) is 0 Å². The van der Waals surface area contributed by atoms with Gasteiger partial charge < -0.3 is 10.6 Å². The summed E-state index contributed by atoms with van der Waals surface area (Å²) in [7, 11) is 0. The highest BCUT2D eigenvalue weighted by molar-refractivity contribution is 5.54. The number of benzene rings is 2. The van der Waals surface area contributed by atoms with Crippen molar-refractivity contribution in [3.05, 3.63) is 101 Å². The number of rotatable bonds is 7. The summed E-state index contributed by atoms with van der Waals surface area (Å²) < 4.78 is 0. The first kappa shape index (κ1) is 20.1. The average Bonchev–Trinajstić information content (AvgIpc) is 3.21.